The van der Waals surface area contributed by atoms with Crippen molar-refractivity contribution in [1.29, 1.82) is 0 Å². The summed E-state index contributed by atoms with van der Waals surface area (Å²) >= 11 is 0. The molecule has 9 heteroatoms. The van der Waals surface area contributed by atoms with Crippen LogP contribution in [-0.4, -0.2) is 25.6 Å². The average Bonchev–Trinajstić information content (AvgIpc) is 3.26. The Hall–Kier alpha value is -4.27. The van der Waals surface area contributed by atoms with Crippen LogP contribution in [0.15, 0.2) is 73.3 Å². The molecule has 0 spiro atoms. The Morgan fingerprint density at radius 2 is 1.87 bits per heavy atom. The molecule has 0 fully saturated rings. The van der Waals surface area contributed by atoms with Gasteiger partial charge in [0.15, 0.2) is 0 Å². The fraction of sp³-hybridized carbons (Fsp3) is 0.0476. The van der Waals surface area contributed by atoms with Crippen LogP contribution in [0.5, 0.6) is 11.6 Å². The van der Waals surface area contributed by atoms with Crippen molar-refractivity contribution in [3.8, 4) is 17.4 Å². The zero-order valence-electron chi connectivity index (χ0n) is 15.9. The number of urea groups is 1. The lowest BCUT2D eigenvalue weighted by Crippen LogP contribution is -2.20. The molecule has 8 nitrogen and oxygen atoms in total. The van der Waals surface area contributed by atoms with Gasteiger partial charge in [-0.25, -0.2) is 19.2 Å². The minimum Gasteiger partial charge on any atom is -0.439 e. The zero-order chi connectivity index (χ0) is 20.9. The molecule has 0 saturated carbocycles. The summed E-state index contributed by atoms with van der Waals surface area (Å²) in [6, 6.07) is 13.8. The van der Waals surface area contributed by atoms with E-state index in [2.05, 4.69) is 25.6 Å². The topological polar surface area (TPSA) is 94.0 Å². The molecule has 0 aliphatic heterocycles. The number of aryl methyl sites for hydroxylation is 1. The van der Waals surface area contributed by atoms with Gasteiger partial charge in [-0.1, -0.05) is 12.1 Å². The zero-order valence-corrected chi connectivity index (χ0v) is 15.9. The van der Waals surface area contributed by atoms with E-state index in [1.54, 1.807) is 72.7 Å². The van der Waals surface area contributed by atoms with Crippen molar-refractivity contribution < 1.29 is 13.9 Å². The smallest absolute Gasteiger partial charge is 0.323 e. The van der Waals surface area contributed by atoms with Gasteiger partial charge in [0.2, 0.25) is 5.88 Å². The first-order valence-corrected chi connectivity index (χ1v) is 9.01. The maximum atomic E-state index is 13.6. The minimum absolute atomic E-state index is 0.0998. The predicted octanol–water partition coefficient (Wildman–Crippen LogP) is 4.55. The van der Waals surface area contributed by atoms with Gasteiger partial charge in [-0.05, 0) is 43.3 Å². The minimum atomic E-state index is -0.551. The highest BCUT2D eigenvalue weighted by atomic mass is 19.1. The van der Waals surface area contributed by atoms with E-state index in [0.29, 0.717) is 29.0 Å². The monoisotopic (exact) mass is 404 g/mol. The van der Waals surface area contributed by atoms with Crippen LogP contribution < -0.4 is 15.4 Å². The maximum Gasteiger partial charge on any atom is 0.323 e. The molecule has 2 aromatic heterocycles. The molecule has 0 atom stereocenters. The van der Waals surface area contributed by atoms with Crippen molar-refractivity contribution in [3.05, 3.63) is 85.0 Å². The predicted molar refractivity (Wildman–Crippen MR) is 109 cm³/mol. The van der Waals surface area contributed by atoms with Crippen LogP contribution in [0.3, 0.4) is 0 Å². The first-order chi connectivity index (χ1) is 14.6. The second-order valence-electron chi connectivity index (χ2n) is 6.27. The summed E-state index contributed by atoms with van der Waals surface area (Å²) in [5.74, 6) is 1.60. The van der Waals surface area contributed by atoms with Gasteiger partial charge in [0.25, 0.3) is 0 Å². The number of amides is 2. The fourth-order valence-electron chi connectivity index (χ4n) is 2.68. The van der Waals surface area contributed by atoms with E-state index in [1.807, 2.05) is 0 Å². The molecule has 0 saturated heterocycles. The highest BCUT2D eigenvalue weighted by Gasteiger charge is 2.08. The molecule has 2 heterocycles. The van der Waals surface area contributed by atoms with Crippen molar-refractivity contribution in [2.24, 2.45) is 0 Å². The quantitative estimate of drug-likeness (QED) is 0.509. The van der Waals surface area contributed by atoms with Crippen molar-refractivity contribution >= 4 is 17.4 Å². The number of nitrogens with zero attached hydrogens (tertiary/aromatic N) is 4. The number of rotatable bonds is 5. The first-order valence-electron chi connectivity index (χ1n) is 9.01. The summed E-state index contributed by atoms with van der Waals surface area (Å²) < 4.78 is 21.2. The molecule has 0 unspecified atom stereocenters. The molecule has 4 rings (SSSR count). The van der Waals surface area contributed by atoms with Gasteiger partial charge in [0.1, 0.15) is 29.5 Å². The molecular weight excluding hydrogens is 387 g/mol. The molecule has 4 aromatic rings. The molecule has 150 valence electrons. The molecule has 2 amide bonds. The normalized spacial score (nSPS) is 10.5. The Morgan fingerprint density at radius 1 is 1.07 bits per heavy atom. The number of imidazole rings is 1. The van der Waals surface area contributed by atoms with E-state index in [9.17, 15) is 9.18 Å². The van der Waals surface area contributed by atoms with Crippen LogP contribution in [0.4, 0.5) is 20.6 Å². The number of hydrogen-bond acceptors (Lipinski definition) is 5. The van der Waals surface area contributed by atoms with E-state index in [-0.39, 0.29) is 5.69 Å². The first kappa shape index (κ1) is 19.1. The Labute approximate surface area is 171 Å². The van der Waals surface area contributed by atoms with Gasteiger partial charge >= 0.3 is 6.03 Å². The largest absolute Gasteiger partial charge is 0.439 e. The highest BCUT2D eigenvalue weighted by Crippen LogP contribution is 2.23. The Bertz CT molecular complexity index is 1160. The Morgan fingerprint density at radius 3 is 2.60 bits per heavy atom. The van der Waals surface area contributed by atoms with E-state index in [1.165, 1.54) is 12.1 Å². The number of halogens is 1. The second kappa shape index (κ2) is 8.39. The number of anilines is 2. The van der Waals surface area contributed by atoms with Gasteiger partial charge in [-0.15, -0.1) is 0 Å². The number of para-hydroxylation sites is 1. The molecule has 0 radical (unpaired) electrons. The number of hydrogen-bond donors (Lipinski definition) is 2. The van der Waals surface area contributed by atoms with E-state index in [0.717, 1.165) is 0 Å². The van der Waals surface area contributed by atoms with Gasteiger partial charge in [-0.3, -0.25) is 4.57 Å². The third-order valence-corrected chi connectivity index (χ3v) is 4.03. The summed E-state index contributed by atoms with van der Waals surface area (Å²) in [6.07, 6.45) is 5.07. The molecule has 2 aromatic carbocycles. The van der Waals surface area contributed by atoms with E-state index < -0.39 is 11.8 Å². The maximum absolute atomic E-state index is 13.6. The van der Waals surface area contributed by atoms with Crippen LogP contribution in [-0.2, 0) is 0 Å². The van der Waals surface area contributed by atoms with E-state index >= 15 is 0 Å². The van der Waals surface area contributed by atoms with Gasteiger partial charge in [0.05, 0.1) is 5.69 Å². The van der Waals surface area contributed by atoms with Crippen molar-refractivity contribution in [1.82, 2.24) is 19.5 Å². The van der Waals surface area contributed by atoms with Crippen LogP contribution >= 0.6 is 0 Å². The van der Waals surface area contributed by atoms with Gasteiger partial charge in [-0.2, -0.15) is 4.98 Å². The van der Waals surface area contributed by atoms with Gasteiger partial charge < -0.3 is 15.4 Å². The van der Waals surface area contributed by atoms with Crippen LogP contribution in [0.25, 0.3) is 5.82 Å². The lowest BCUT2D eigenvalue weighted by atomic mass is 10.3. The third kappa shape index (κ3) is 4.58. The highest BCUT2D eigenvalue weighted by molar-refractivity contribution is 5.99. The molecule has 0 aliphatic rings. The molecule has 30 heavy (non-hydrogen) atoms. The number of benzene rings is 2. The van der Waals surface area contributed by atoms with Gasteiger partial charge in [0, 0.05) is 24.1 Å². The second-order valence-corrected chi connectivity index (χ2v) is 6.27. The SMILES string of the molecule is Cc1nc(Oc2ccc(NC(=O)Nc3ccccc3F)cc2)cc(-n2ccnc2)n1. The average molecular weight is 404 g/mol. The molecule has 2 N–H and O–H groups in total. The summed E-state index contributed by atoms with van der Waals surface area (Å²) in [4.78, 5) is 24.7. The van der Waals surface area contributed by atoms with Crippen molar-refractivity contribution in [3.63, 3.8) is 0 Å². The van der Waals surface area contributed by atoms with Crippen molar-refractivity contribution in [2.45, 2.75) is 6.92 Å². The number of aromatic nitrogens is 4. The third-order valence-electron chi connectivity index (χ3n) is 4.03. The summed E-state index contributed by atoms with van der Waals surface area (Å²) in [6.45, 7) is 1.77. The van der Waals surface area contributed by atoms with Crippen LogP contribution in [0.2, 0.25) is 0 Å². The molecular formula is C21H17FN6O2. The summed E-state index contributed by atoms with van der Waals surface area (Å²) in [5, 5.41) is 5.10. The number of nitrogens with one attached hydrogen (secondary N) is 2. The summed E-state index contributed by atoms with van der Waals surface area (Å²) in [5.41, 5.74) is 0.622. The Kier molecular flexibility index (Phi) is 5.33. The van der Waals surface area contributed by atoms with Crippen LogP contribution in [0.1, 0.15) is 5.82 Å². The fourth-order valence-corrected chi connectivity index (χ4v) is 2.68. The number of carbonyl (C=O) groups excluding carboxylic acids is 1. The number of ether oxygens (including phenoxy) is 1. The molecule has 0 aliphatic carbocycles. The summed E-state index contributed by atoms with van der Waals surface area (Å²) in [7, 11) is 0. The number of carbonyl (C=O) groups is 1. The lowest BCUT2D eigenvalue weighted by molar-refractivity contribution is 0.262. The van der Waals surface area contributed by atoms with Crippen LogP contribution in [0, 0.1) is 12.7 Å². The Balaban J connectivity index is 1.42. The lowest BCUT2D eigenvalue weighted by Gasteiger charge is -2.10. The van der Waals surface area contributed by atoms with Crippen molar-refractivity contribution in [2.75, 3.05) is 10.6 Å². The molecule has 0 bridgehead atoms. The van der Waals surface area contributed by atoms with E-state index in [4.69, 9.17) is 4.74 Å². The standard InChI is InChI=1S/C21H17FN6O2/c1-14-24-19(28-11-10-23-13-28)12-20(25-14)30-16-8-6-15(7-9-16)26-21(29)27-18-5-3-2-4-17(18)22/h2-13H,1H3,(H2,26,27,29).